The fourth-order valence-electron chi connectivity index (χ4n) is 3.46. The van der Waals surface area contributed by atoms with Crippen LogP contribution in [0.1, 0.15) is 21.5 Å². The molecule has 4 rings (SSSR count). The van der Waals surface area contributed by atoms with E-state index in [1.807, 2.05) is 18.2 Å². The van der Waals surface area contributed by atoms with E-state index in [2.05, 4.69) is 4.98 Å². The molecule has 1 aromatic heterocycles. The van der Waals surface area contributed by atoms with Gasteiger partial charge in [0.05, 0.1) is 37.1 Å². The van der Waals surface area contributed by atoms with Gasteiger partial charge in [-0.1, -0.05) is 24.3 Å². The third kappa shape index (κ3) is 5.14. The zero-order chi connectivity index (χ0) is 25.2. The highest BCUT2D eigenvalue weighted by atomic mass is 32.1. The minimum Gasteiger partial charge on any atom is -0.493 e. The molecule has 0 saturated heterocycles. The number of nitrogens with zero attached hydrogens (tertiary/aromatic N) is 1. The number of hydrogen-bond acceptors (Lipinski definition) is 6. The van der Waals surface area contributed by atoms with E-state index in [1.54, 1.807) is 18.2 Å². The maximum absolute atomic E-state index is 12.8. The fraction of sp³-hybridized carbons (Fsp3) is 0.154. The zero-order valence-electron chi connectivity index (χ0n) is 19.0. The van der Waals surface area contributed by atoms with Crippen LogP contribution < -0.4 is 14.2 Å². The van der Waals surface area contributed by atoms with Gasteiger partial charge in [-0.05, 0) is 48.0 Å². The molecule has 5 nitrogen and oxygen atoms in total. The standard InChI is InChI=1S/C26H20F3NO4S/c1-32-21-13-17(14-22(33-2)24(21)34-3)20(31)11-5-15-4-10-19-23(12-15)35-25(30-19)16-6-8-18(9-7-16)26(27,28)29/h4-14H,1-3H3/b11-5+. The number of thiazole rings is 1. The summed E-state index contributed by atoms with van der Waals surface area (Å²) in [6, 6.07) is 13.6. The maximum Gasteiger partial charge on any atom is 0.416 e. The van der Waals surface area contributed by atoms with Crippen LogP contribution in [0.4, 0.5) is 13.2 Å². The van der Waals surface area contributed by atoms with Gasteiger partial charge >= 0.3 is 6.18 Å². The first-order valence-corrected chi connectivity index (χ1v) is 11.2. The Kier molecular flexibility index (Phi) is 6.79. The Morgan fingerprint density at radius 3 is 2.14 bits per heavy atom. The van der Waals surface area contributed by atoms with Gasteiger partial charge in [-0.25, -0.2) is 4.98 Å². The molecule has 0 aliphatic heterocycles. The number of ketones is 1. The van der Waals surface area contributed by atoms with Gasteiger partial charge < -0.3 is 14.2 Å². The van der Waals surface area contributed by atoms with E-state index >= 15 is 0 Å². The summed E-state index contributed by atoms with van der Waals surface area (Å²) in [5.41, 5.74) is 1.78. The van der Waals surface area contributed by atoms with E-state index in [-0.39, 0.29) is 5.78 Å². The van der Waals surface area contributed by atoms with Crippen LogP contribution >= 0.6 is 11.3 Å². The van der Waals surface area contributed by atoms with Crippen molar-refractivity contribution in [3.8, 4) is 27.8 Å². The number of alkyl halides is 3. The lowest BCUT2D eigenvalue weighted by Crippen LogP contribution is -2.03. The van der Waals surface area contributed by atoms with E-state index < -0.39 is 11.7 Å². The number of rotatable bonds is 7. The average molecular weight is 500 g/mol. The van der Waals surface area contributed by atoms with Crippen molar-refractivity contribution in [2.75, 3.05) is 21.3 Å². The van der Waals surface area contributed by atoms with Crippen LogP contribution in [0.25, 0.3) is 26.9 Å². The number of allylic oxidation sites excluding steroid dienone is 1. The molecule has 0 aliphatic carbocycles. The third-order valence-electron chi connectivity index (χ3n) is 5.25. The first-order valence-electron chi connectivity index (χ1n) is 10.3. The number of methoxy groups -OCH3 is 3. The van der Waals surface area contributed by atoms with Crippen molar-refractivity contribution in [2.45, 2.75) is 6.18 Å². The third-order valence-corrected chi connectivity index (χ3v) is 6.32. The minimum absolute atomic E-state index is 0.251. The number of carbonyl (C=O) groups is 1. The summed E-state index contributed by atoms with van der Waals surface area (Å²) in [4.78, 5) is 17.3. The van der Waals surface area contributed by atoms with Gasteiger partial charge in [0.25, 0.3) is 0 Å². The fourth-order valence-corrected chi connectivity index (χ4v) is 4.48. The van der Waals surface area contributed by atoms with Crippen LogP contribution in [0.5, 0.6) is 17.2 Å². The molecule has 0 bridgehead atoms. The Morgan fingerprint density at radius 1 is 0.914 bits per heavy atom. The molecule has 0 amide bonds. The van der Waals surface area contributed by atoms with Crippen LogP contribution in [-0.4, -0.2) is 32.1 Å². The molecule has 0 spiro atoms. The van der Waals surface area contributed by atoms with Crippen LogP contribution in [0.3, 0.4) is 0 Å². The monoisotopic (exact) mass is 499 g/mol. The summed E-state index contributed by atoms with van der Waals surface area (Å²) in [5.74, 6) is 0.907. The Bertz CT molecular complexity index is 1380. The van der Waals surface area contributed by atoms with Gasteiger partial charge in [-0.3, -0.25) is 4.79 Å². The first-order chi connectivity index (χ1) is 16.7. The van der Waals surface area contributed by atoms with Gasteiger partial charge in [0.15, 0.2) is 17.3 Å². The summed E-state index contributed by atoms with van der Waals surface area (Å²) < 4.78 is 55.2. The molecule has 0 fully saturated rings. The summed E-state index contributed by atoms with van der Waals surface area (Å²) in [6.07, 6.45) is -1.25. The molecule has 35 heavy (non-hydrogen) atoms. The largest absolute Gasteiger partial charge is 0.493 e. The van der Waals surface area contributed by atoms with Crippen molar-refractivity contribution in [1.82, 2.24) is 4.98 Å². The Labute approximate surface area is 203 Å². The van der Waals surface area contributed by atoms with Crippen molar-refractivity contribution in [1.29, 1.82) is 0 Å². The topological polar surface area (TPSA) is 57.7 Å². The van der Waals surface area contributed by atoms with E-state index in [4.69, 9.17) is 14.2 Å². The highest BCUT2D eigenvalue weighted by Gasteiger charge is 2.30. The second-order valence-electron chi connectivity index (χ2n) is 7.43. The molecule has 0 N–H and O–H groups in total. The van der Waals surface area contributed by atoms with E-state index in [0.29, 0.717) is 33.4 Å². The quantitative estimate of drug-likeness (QED) is 0.204. The van der Waals surface area contributed by atoms with Gasteiger partial charge in [-0.15, -0.1) is 11.3 Å². The molecule has 0 aliphatic rings. The summed E-state index contributed by atoms with van der Waals surface area (Å²) in [7, 11) is 4.44. The number of halogens is 3. The van der Waals surface area contributed by atoms with Crippen LogP contribution in [-0.2, 0) is 6.18 Å². The molecule has 0 radical (unpaired) electrons. The van der Waals surface area contributed by atoms with E-state index in [1.165, 1.54) is 50.9 Å². The number of benzene rings is 3. The van der Waals surface area contributed by atoms with Gasteiger partial charge in [-0.2, -0.15) is 13.2 Å². The van der Waals surface area contributed by atoms with Gasteiger partial charge in [0.1, 0.15) is 5.01 Å². The summed E-state index contributed by atoms with van der Waals surface area (Å²) in [6.45, 7) is 0. The highest BCUT2D eigenvalue weighted by Crippen LogP contribution is 2.38. The SMILES string of the molecule is COc1cc(C(=O)/C=C/c2ccc3nc(-c4ccc(C(F)(F)F)cc4)sc3c2)cc(OC)c1OC. The lowest BCUT2D eigenvalue weighted by molar-refractivity contribution is -0.137. The van der Waals surface area contributed by atoms with Crippen molar-refractivity contribution >= 4 is 33.4 Å². The smallest absolute Gasteiger partial charge is 0.416 e. The number of aromatic nitrogens is 1. The lowest BCUT2D eigenvalue weighted by atomic mass is 10.1. The average Bonchev–Trinajstić information content (AvgIpc) is 3.29. The van der Waals surface area contributed by atoms with E-state index in [0.717, 1.165) is 27.9 Å². The summed E-state index contributed by atoms with van der Waals surface area (Å²) >= 11 is 1.36. The maximum atomic E-state index is 12.8. The first kappa shape index (κ1) is 24.3. The Morgan fingerprint density at radius 2 is 1.57 bits per heavy atom. The summed E-state index contributed by atoms with van der Waals surface area (Å²) in [5, 5.41) is 0.614. The number of hydrogen-bond donors (Lipinski definition) is 0. The molecule has 0 unspecified atom stereocenters. The lowest BCUT2D eigenvalue weighted by Gasteiger charge is -2.13. The minimum atomic E-state index is -4.38. The van der Waals surface area contributed by atoms with Gasteiger partial charge in [0.2, 0.25) is 5.75 Å². The van der Waals surface area contributed by atoms with E-state index in [9.17, 15) is 18.0 Å². The Balaban J connectivity index is 1.57. The van der Waals surface area contributed by atoms with Crippen LogP contribution in [0.15, 0.2) is 60.7 Å². The predicted octanol–water partition coefficient (Wildman–Crippen LogP) is 6.90. The second-order valence-corrected chi connectivity index (χ2v) is 8.46. The molecular formula is C26H20F3NO4S. The molecule has 1 heterocycles. The molecule has 4 aromatic rings. The van der Waals surface area contributed by atoms with Gasteiger partial charge in [0, 0.05) is 11.1 Å². The number of fused-ring (bicyclic) bond motifs is 1. The highest BCUT2D eigenvalue weighted by molar-refractivity contribution is 7.21. The van der Waals surface area contributed by atoms with Crippen molar-refractivity contribution in [3.05, 3.63) is 77.4 Å². The molecule has 0 atom stereocenters. The Hall–Kier alpha value is -3.85. The van der Waals surface area contributed by atoms with Crippen LogP contribution in [0.2, 0.25) is 0 Å². The second kappa shape index (κ2) is 9.79. The van der Waals surface area contributed by atoms with Crippen molar-refractivity contribution < 1.29 is 32.2 Å². The molecular weight excluding hydrogens is 479 g/mol. The van der Waals surface area contributed by atoms with Crippen LogP contribution in [0, 0.1) is 0 Å². The molecule has 180 valence electrons. The molecule has 3 aromatic carbocycles. The van der Waals surface area contributed by atoms with Crippen molar-refractivity contribution in [3.63, 3.8) is 0 Å². The number of carbonyl (C=O) groups excluding carboxylic acids is 1. The zero-order valence-corrected chi connectivity index (χ0v) is 19.8. The molecule has 0 saturated carbocycles. The molecule has 9 heteroatoms. The van der Waals surface area contributed by atoms with Crippen molar-refractivity contribution in [2.24, 2.45) is 0 Å². The normalized spacial score (nSPS) is 11.7. The predicted molar refractivity (Wildman–Crippen MR) is 130 cm³/mol. The number of ether oxygens (including phenoxy) is 3.